The topological polar surface area (TPSA) is 81.7 Å². The first-order chi connectivity index (χ1) is 12.0. The largest absolute Gasteiger partial charge is 0.390 e. The van der Waals surface area contributed by atoms with Gasteiger partial charge >= 0.3 is 0 Å². The maximum atomic E-state index is 12.4. The number of likely N-dealkylation sites (tertiary alicyclic amines) is 1. The highest BCUT2D eigenvalue weighted by molar-refractivity contribution is 5.95. The number of β-amino-alcohol motifs (C(OH)–C–C–N with tert-alkyl or cyclic N) is 1. The molecule has 136 valence electrons. The summed E-state index contributed by atoms with van der Waals surface area (Å²) >= 11 is 0. The molecule has 2 aliphatic rings. The van der Waals surface area contributed by atoms with E-state index in [0.717, 1.165) is 0 Å². The van der Waals surface area contributed by atoms with Crippen LogP contribution in [0, 0.1) is 0 Å². The number of rotatable bonds is 4. The SMILES string of the molecule is CC(=O)Nc1ccc(C(=O)N[C@@H]2CN(C3CCCCC3)C[C@H]2O)cc1. The number of aliphatic hydroxyl groups is 1. The highest BCUT2D eigenvalue weighted by Gasteiger charge is 2.36. The van der Waals surface area contributed by atoms with E-state index in [1.165, 1.54) is 39.0 Å². The number of anilines is 1. The van der Waals surface area contributed by atoms with E-state index in [-0.39, 0.29) is 17.9 Å². The number of nitrogens with one attached hydrogen (secondary N) is 2. The molecule has 1 saturated carbocycles. The Labute approximate surface area is 148 Å². The molecule has 2 fully saturated rings. The van der Waals surface area contributed by atoms with Crippen molar-refractivity contribution in [2.75, 3.05) is 18.4 Å². The maximum absolute atomic E-state index is 12.4. The summed E-state index contributed by atoms with van der Waals surface area (Å²) in [6, 6.07) is 7.08. The minimum absolute atomic E-state index is 0.144. The van der Waals surface area contributed by atoms with Crippen molar-refractivity contribution in [3.8, 4) is 0 Å². The molecule has 1 aromatic carbocycles. The van der Waals surface area contributed by atoms with Crippen LogP contribution in [0.1, 0.15) is 49.4 Å². The molecule has 0 bridgehead atoms. The molecule has 6 heteroatoms. The number of carbonyl (C=O) groups excluding carboxylic acids is 2. The Bertz CT molecular complexity index is 611. The summed E-state index contributed by atoms with van der Waals surface area (Å²) in [6.45, 7) is 2.79. The molecule has 2 amide bonds. The van der Waals surface area contributed by atoms with Crippen LogP contribution in [0.4, 0.5) is 5.69 Å². The second kappa shape index (κ2) is 7.97. The average Bonchev–Trinajstić information content (AvgIpc) is 2.96. The summed E-state index contributed by atoms with van der Waals surface area (Å²) in [6.07, 6.45) is 5.69. The normalized spacial score (nSPS) is 24.9. The summed E-state index contributed by atoms with van der Waals surface area (Å²) in [5.41, 5.74) is 1.19. The van der Waals surface area contributed by atoms with Crippen molar-refractivity contribution in [2.24, 2.45) is 0 Å². The van der Waals surface area contributed by atoms with Crippen LogP contribution in [-0.4, -0.2) is 53.1 Å². The molecule has 0 radical (unpaired) electrons. The smallest absolute Gasteiger partial charge is 0.251 e. The molecule has 3 rings (SSSR count). The molecule has 1 aromatic rings. The maximum Gasteiger partial charge on any atom is 0.251 e. The highest BCUT2D eigenvalue weighted by atomic mass is 16.3. The zero-order valence-corrected chi connectivity index (χ0v) is 14.7. The molecule has 25 heavy (non-hydrogen) atoms. The average molecular weight is 345 g/mol. The van der Waals surface area contributed by atoms with Gasteiger partial charge in [-0.3, -0.25) is 14.5 Å². The molecule has 3 N–H and O–H groups in total. The molecule has 1 heterocycles. The molecule has 0 aromatic heterocycles. The molecular formula is C19H27N3O3. The van der Waals surface area contributed by atoms with E-state index in [1.54, 1.807) is 24.3 Å². The number of aliphatic hydroxyl groups excluding tert-OH is 1. The van der Waals surface area contributed by atoms with Crippen molar-refractivity contribution in [1.29, 1.82) is 0 Å². The Morgan fingerprint density at radius 2 is 1.76 bits per heavy atom. The van der Waals surface area contributed by atoms with Gasteiger partial charge in [0.25, 0.3) is 5.91 Å². The monoisotopic (exact) mass is 345 g/mol. The van der Waals surface area contributed by atoms with Gasteiger partial charge in [0.2, 0.25) is 5.91 Å². The summed E-state index contributed by atoms with van der Waals surface area (Å²) in [5, 5.41) is 16.0. The van der Waals surface area contributed by atoms with Crippen LogP contribution in [-0.2, 0) is 4.79 Å². The van der Waals surface area contributed by atoms with Gasteiger partial charge in [-0.05, 0) is 37.1 Å². The first-order valence-electron chi connectivity index (χ1n) is 9.13. The minimum atomic E-state index is -0.524. The molecule has 0 spiro atoms. The van der Waals surface area contributed by atoms with E-state index >= 15 is 0 Å². The molecule has 1 aliphatic heterocycles. The third kappa shape index (κ3) is 4.58. The van der Waals surface area contributed by atoms with Crippen LogP contribution in [0.25, 0.3) is 0 Å². The van der Waals surface area contributed by atoms with Crippen LogP contribution in [0.15, 0.2) is 24.3 Å². The second-order valence-electron chi connectivity index (χ2n) is 7.15. The van der Waals surface area contributed by atoms with Gasteiger partial charge in [-0.25, -0.2) is 0 Å². The molecule has 0 unspecified atom stereocenters. The standard InChI is InChI=1S/C19H27N3O3/c1-13(23)20-15-9-7-14(8-10-15)19(25)21-17-11-22(12-18(17)24)16-5-3-2-4-6-16/h7-10,16-18,24H,2-6,11-12H2,1H3,(H,20,23)(H,21,25)/t17-,18-/m1/s1. The van der Waals surface area contributed by atoms with Gasteiger partial charge in [0.1, 0.15) is 0 Å². The van der Waals surface area contributed by atoms with Gasteiger partial charge in [-0.15, -0.1) is 0 Å². The lowest BCUT2D eigenvalue weighted by molar-refractivity contribution is -0.114. The van der Waals surface area contributed by atoms with Crippen molar-refractivity contribution in [3.05, 3.63) is 29.8 Å². The zero-order valence-electron chi connectivity index (χ0n) is 14.7. The van der Waals surface area contributed by atoms with Gasteiger partial charge in [0.15, 0.2) is 0 Å². The van der Waals surface area contributed by atoms with Crippen LogP contribution in [0.3, 0.4) is 0 Å². The Morgan fingerprint density at radius 1 is 1.08 bits per heavy atom. The van der Waals surface area contributed by atoms with Crippen LogP contribution in [0.2, 0.25) is 0 Å². The van der Waals surface area contributed by atoms with Gasteiger partial charge < -0.3 is 15.7 Å². The fourth-order valence-corrected chi connectivity index (χ4v) is 3.86. The molecular weight excluding hydrogens is 318 g/mol. The Kier molecular flexibility index (Phi) is 5.71. The van der Waals surface area contributed by atoms with Gasteiger partial charge in [-0.2, -0.15) is 0 Å². The van der Waals surface area contributed by atoms with E-state index in [0.29, 0.717) is 30.4 Å². The third-order valence-corrected chi connectivity index (χ3v) is 5.19. The van der Waals surface area contributed by atoms with E-state index < -0.39 is 6.10 Å². The second-order valence-corrected chi connectivity index (χ2v) is 7.15. The first kappa shape index (κ1) is 17.9. The summed E-state index contributed by atoms with van der Waals surface area (Å²) in [4.78, 5) is 25.8. The Hall–Kier alpha value is -1.92. The molecule has 2 atom stereocenters. The highest BCUT2D eigenvalue weighted by Crippen LogP contribution is 2.26. The number of hydrogen-bond donors (Lipinski definition) is 3. The van der Waals surface area contributed by atoms with Crippen LogP contribution < -0.4 is 10.6 Å². The van der Waals surface area contributed by atoms with E-state index in [9.17, 15) is 14.7 Å². The molecule has 1 saturated heterocycles. The number of benzene rings is 1. The van der Waals surface area contributed by atoms with E-state index in [2.05, 4.69) is 15.5 Å². The fraction of sp³-hybridized carbons (Fsp3) is 0.579. The Balaban J connectivity index is 1.56. The number of nitrogens with zero attached hydrogens (tertiary/aromatic N) is 1. The molecule has 6 nitrogen and oxygen atoms in total. The van der Waals surface area contributed by atoms with E-state index in [4.69, 9.17) is 0 Å². The van der Waals surface area contributed by atoms with Gasteiger partial charge in [-0.1, -0.05) is 19.3 Å². The van der Waals surface area contributed by atoms with Crippen molar-refractivity contribution in [3.63, 3.8) is 0 Å². The lowest BCUT2D eigenvalue weighted by Gasteiger charge is -2.30. The summed E-state index contributed by atoms with van der Waals surface area (Å²) < 4.78 is 0. The quantitative estimate of drug-likeness (QED) is 0.777. The number of carbonyl (C=O) groups is 2. The van der Waals surface area contributed by atoms with Crippen LogP contribution in [0.5, 0.6) is 0 Å². The summed E-state index contributed by atoms with van der Waals surface area (Å²) in [5.74, 6) is -0.335. The lowest BCUT2D eigenvalue weighted by atomic mass is 9.94. The fourth-order valence-electron chi connectivity index (χ4n) is 3.86. The number of hydrogen-bond acceptors (Lipinski definition) is 4. The predicted octanol–water partition coefficient (Wildman–Crippen LogP) is 1.75. The van der Waals surface area contributed by atoms with Gasteiger partial charge in [0.05, 0.1) is 12.1 Å². The minimum Gasteiger partial charge on any atom is -0.390 e. The van der Waals surface area contributed by atoms with Crippen molar-refractivity contribution in [1.82, 2.24) is 10.2 Å². The first-order valence-corrected chi connectivity index (χ1v) is 9.13. The van der Waals surface area contributed by atoms with E-state index in [1.807, 2.05) is 0 Å². The third-order valence-electron chi connectivity index (χ3n) is 5.19. The summed E-state index contributed by atoms with van der Waals surface area (Å²) in [7, 11) is 0. The zero-order chi connectivity index (χ0) is 17.8. The van der Waals surface area contributed by atoms with Crippen molar-refractivity contribution >= 4 is 17.5 Å². The van der Waals surface area contributed by atoms with Crippen LogP contribution >= 0.6 is 0 Å². The van der Waals surface area contributed by atoms with Crippen molar-refractivity contribution in [2.45, 2.75) is 57.2 Å². The molecule has 1 aliphatic carbocycles. The Morgan fingerprint density at radius 3 is 2.40 bits per heavy atom. The number of amides is 2. The predicted molar refractivity (Wildman–Crippen MR) is 96.5 cm³/mol. The van der Waals surface area contributed by atoms with Crippen molar-refractivity contribution < 1.29 is 14.7 Å². The lowest BCUT2D eigenvalue weighted by Crippen LogP contribution is -2.43. The van der Waals surface area contributed by atoms with Gasteiger partial charge in [0, 0.05) is 37.3 Å².